The first-order valence-corrected chi connectivity index (χ1v) is 5.67. The fourth-order valence-corrected chi connectivity index (χ4v) is 2.19. The SMILES string of the molecule is COc1cccc(CC2(N)CCOC2C)c1. The molecule has 0 spiro atoms. The summed E-state index contributed by atoms with van der Waals surface area (Å²) in [5.74, 6) is 0.882. The van der Waals surface area contributed by atoms with Gasteiger partial charge in [-0.3, -0.25) is 0 Å². The molecule has 0 bridgehead atoms. The molecule has 3 nitrogen and oxygen atoms in total. The van der Waals surface area contributed by atoms with Gasteiger partial charge < -0.3 is 15.2 Å². The van der Waals surface area contributed by atoms with Gasteiger partial charge in [-0.15, -0.1) is 0 Å². The van der Waals surface area contributed by atoms with E-state index in [4.69, 9.17) is 15.2 Å². The maximum Gasteiger partial charge on any atom is 0.119 e. The maximum atomic E-state index is 6.36. The molecule has 0 aromatic heterocycles. The van der Waals surface area contributed by atoms with Gasteiger partial charge in [-0.25, -0.2) is 0 Å². The minimum Gasteiger partial charge on any atom is -0.497 e. The Morgan fingerprint density at radius 3 is 3.00 bits per heavy atom. The highest BCUT2D eigenvalue weighted by atomic mass is 16.5. The normalized spacial score (nSPS) is 29.3. The molecule has 2 rings (SSSR count). The van der Waals surface area contributed by atoms with Crippen LogP contribution in [-0.2, 0) is 11.2 Å². The number of rotatable bonds is 3. The number of hydrogen-bond donors (Lipinski definition) is 1. The fourth-order valence-electron chi connectivity index (χ4n) is 2.19. The summed E-state index contributed by atoms with van der Waals surface area (Å²) in [7, 11) is 1.68. The van der Waals surface area contributed by atoms with E-state index in [1.165, 1.54) is 5.56 Å². The van der Waals surface area contributed by atoms with E-state index in [0.717, 1.165) is 25.2 Å². The lowest BCUT2D eigenvalue weighted by Gasteiger charge is -2.27. The Morgan fingerprint density at radius 2 is 2.38 bits per heavy atom. The molecule has 2 unspecified atom stereocenters. The van der Waals surface area contributed by atoms with Crippen LogP contribution in [0, 0.1) is 0 Å². The average Bonchev–Trinajstić information content (AvgIpc) is 2.59. The lowest BCUT2D eigenvalue weighted by molar-refractivity contribution is 0.0955. The van der Waals surface area contributed by atoms with Crippen LogP contribution in [0.1, 0.15) is 18.9 Å². The first-order chi connectivity index (χ1) is 7.64. The molecule has 1 aromatic carbocycles. The van der Waals surface area contributed by atoms with Gasteiger partial charge in [-0.1, -0.05) is 12.1 Å². The fraction of sp³-hybridized carbons (Fsp3) is 0.538. The van der Waals surface area contributed by atoms with Gasteiger partial charge in [0.05, 0.1) is 13.2 Å². The van der Waals surface area contributed by atoms with E-state index in [0.29, 0.717) is 0 Å². The minimum absolute atomic E-state index is 0.124. The van der Waals surface area contributed by atoms with Crippen molar-refractivity contribution in [2.75, 3.05) is 13.7 Å². The Kier molecular flexibility index (Phi) is 3.17. The summed E-state index contributed by atoms with van der Waals surface area (Å²) in [5, 5.41) is 0. The van der Waals surface area contributed by atoms with Crippen LogP contribution in [0.2, 0.25) is 0 Å². The van der Waals surface area contributed by atoms with Crippen molar-refractivity contribution in [1.82, 2.24) is 0 Å². The largest absolute Gasteiger partial charge is 0.497 e. The summed E-state index contributed by atoms with van der Waals surface area (Å²) in [4.78, 5) is 0. The lowest BCUT2D eigenvalue weighted by atomic mass is 9.86. The Hall–Kier alpha value is -1.06. The third-order valence-electron chi connectivity index (χ3n) is 3.41. The molecule has 16 heavy (non-hydrogen) atoms. The standard InChI is InChI=1S/C13H19NO2/c1-10-13(14,6-7-16-10)9-11-4-3-5-12(8-11)15-2/h3-5,8,10H,6-7,9,14H2,1-2H3. The highest BCUT2D eigenvalue weighted by Crippen LogP contribution is 2.28. The average molecular weight is 221 g/mol. The van der Waals surface area contributed by atoms with Gasteiger partial charge in [0.1, 0.15) is 5.75 Å². The molecule has 88 valence electrons. The summed E-state index contributed by atoms with van der Waals surface area (Å²) in [6.07, 6.45) is 1.88. The van der Waals surface area contributed by atoms with Gasteiger partial charge >= 0.3 is 0 Å². The Morgan fingerprint density at radius 1 is 1.56 bits per heavy atom. The number of ether oxygens (including phenoxy) is 2. The number of hydrogen-bond acceptors (Lipinski definition) is 3. The van der Waals surface area contributed by atoms with E-state index in [-0.39, 0.29) is 11.6 Å². The van der Waals surface area contributed by atoms with Crippen LogP contribution in [0.25, 0.3) is 0 Å². The molecule has 1 aliphatic rings. The monoisotopic (exact) mass is 221 g/mol. The Bertz CT molecular complexity index is 367. The summed E-state index contributed by atoms with van der Waals surface area (Å²) < 4.78 is 10.7. The van der Waals surface area contributed by atoms with Crippen molar-refractivity contribution in [2.45, 2.75) is 31.4 Å². The molecule has 0 amide bonds. The number of nitrogens with two attached hydrogens (primary N) is 1. The minimum atomic E-state index is -0.230. The van der Waals surface area contributed by atoms with Gasteiger partial charge in [0.25, 0.3) is 0 Å². The van der Waals surface area contributed by atoms with Gasteiger partial charge in [-0.2, -0.15) is 0 Å². The molecular weight excluding hydrogens is 202 g/mol. The molecule has 1 saturated heterocycles. The van der Waals surface area contributed by atoms with Crippen molar-refractivity contribution in [3.8, 4) is 5.75 Å². The molecule has 2 atom stereocenters. The molecule has 1 fully saturated rings. The van der Waals surface area contributed by atoms with Crippen LogP contribution in [0.5, 0.6) is 5.75 Å². The van der Waals surface area contributed by atoms with E-state index in [9.17, 15) is 0 Å². The Labute approximate surface area is 96.5 Å². The molecule has 0 radical (unpaired) electrons. The van der Waals surface area contributed by atoms with E-state index in [2.05, 4.69) is 6.07 Å². The summed E-state index contributed by atoms with van der Waals surface area (Å²) in [6.45, 7) is 2.81. The summed E-state index contributed by atoms with van der Waals surface area (Å²) in [6, 6.07) is 8.07. The topological polar surface area (TPSA) is 44.5 Å². The van der Waals surface area contributed by atoms with Crippen LogP contribution >= 0.6 is 0 Å². The van der Waals surface area contributed by atoms with Gasteiger partial charge in [0, 0.05) is 12.1 Å². The van der Waals surface area contributed by atoms with Crippen LogP contribution in [0.3, 0.4) is 0 Å². The number of methoxy groups -OCH3 is 1. The van der Waals surface area contributed by atoms with E-state index in [1.807, 2.05) is 25.1 Å². The molecule has 2 N–H and O–H groups in total. The molecule has 3 heteroatoms. The first-order valence-electron chi connectivity index (χ1n) is 5.67. The molecule has 0 aliphatic carbocycles. The van der Waals surface area contributed by atoms with Crippen molar-refractivity contribution < 1.29 is 9.47 Å². The molecular formula is C13H19NO2. The first kappa shape index (κ1) is 11.4. The van der Waals surface area contributed by atoms with Crippen LogP contribution in [0.15, 0.2) is 24.3 Å². The zero-order valence-corrected chi connectivity index (χ0v) is 9.90. The lowest BCUT2D eigenvalue weighted by Crippen LogP contribution is -2.47. The van der Waals surface area contributed by atoms with Gasteiger partial charge in [0.15, 0.2) is 0 Å². The number of benzene rings is 1. The second-order valence-corrected chi connectivity index (χ2v) is 4.52. The van der Waals surface area contributed by atoms with Crippen molar-refractivity contribution in [3.63, 3.8) is 0 Å². The maximum absolute atomic E-state index is 6.36. The third-order valence-corrected chi connectivity index (χ3v) is 3.41. The predicted molar refractivity (Wildman–Crippen MR) is 63.6 cm³/mol. The van der Waals surface area contributed by atoms with Gasteiger partial charge in [-0.05, 0) is 37.5 Å². The summed E-state index contributed by atoms with van der Waals surface area (Å²) in [5.41, 5.74) is 7.34. The van der Waals surface area contributed by atoms with Crippen LogP contribution < -0.4 is 10.5 Å². The van der Waals surface area contributed by atoms with Crippen molar-refractivity contribution in [2.24, 2.45) is 5.73 Å². The van der Waals surface area contributed by atoms with E-state index < -0.39 is 0 Å². The van der Waals surface area contributed by atoms with Crippen LogP contribution in [0.4, 0.5) is 0 Å². The smallest absolute Gasteiger partial charge is 0.119 e. The van der Waals surface area contributed by atoms with Crippen molar-refractivity contribution in [3.05, 3.63) is 29.8 Å². The quantitative estimate of drug-likeness (QED) is 0.845. The van der Waals surface area contributed by atoms with Crippen LogP contribution in [-0.4, -0.2) is 25.4 Å². The molecule has 1 aromatic rings. The highest BCUT2D eigenvalue weighted by Gasteiger charge is 2.37. The zero-order chi connectivity index (χ0) is 11.6. The van der Waals surface area contributed by atoms with Gasteiger partial charge in [0.2, 0.25) is 0 Å². The second kappa shape index (κ2) is 4.44. The van der Waals surface area contributed by atoms with E-state index >= 15 is 0 Å². The van der Waals surface area contributed by atoms with Crippen molar-refractivity contribution >= 4 is 0 Å². The predicted octanol–water partition coefficient (Wildman–Crippen LogP) is 1.74. The van der Waals surface area contributed by atoms with E-state index in [1.54, 1.807) is 7.11 Å². The molecule has 0 saturated carbocycles. The summed E-state index contributed by atoms with van der Waals surface area (Å²) >= 11 is 0. The third kappa shape index (κ3) is 2.20. The van der Waals surface area contributed by atoms with Crippen molar-refractivity contribution in [1.29, 1.82) is 0 Å². The molecule has 1 heterocycles. The Balaban J connectivity index is 2.13. The molecule has 1 aliphatic heterocycles. The second-order valence-electron chi connectivity index (χ2n) is 4.52. The zero-order valence-electron chi connectivity index (χ0n) is 9.90. The highest BCUT2D eigenvalue weighted by molar-refractivity contribution is 5.30.